The minimum Gasteiger partial charge on any atom is -0.351 e. The van der Waals surface area contributed by atoms with Crippen molar-refractivity contribution in [2.45, 2.75) is 11.3 Å². The second-order valence-electron chi connectivity index (χ2n) is 5.25. The van der Waals surface area contributed by atoms with E-state index < -0.39 is 10.0 Å². The molecule has 0 saturated carbocycles. The van der Waals surface area contributed by atoms with Crippen molar-refractivity contribution in [3.63, 3.8) is 0 Å². The summed E-state index contributed by atoms with van der Waals surface area (Å²) in [7, 11) is -3.67. The Morgan fingerprint density at radius 1 is 1.11 bits per heavy atom. The number of carbonyl (C=O) groups is 2. The van der Waals surface area contributed by atoms with Crippen LogP contribution in [0.1, 0.15) is 16.1 Å². The Hall–Kier alpha value is -1.98. The molecule has 1 heterocycles. The van der Waals surface area contributed by atoms with Gasteiger partial charge in [-0.25, -0.2) is 13.1 Å². The highest BCUT2D eigenvalue weighted by molar-refractivity contribution is 7.89. The van der Waals surface area contributed by atoms with Crippen LogP contribution in [0.2, 0.25) is 0 Å². The first-order chi connectivity index (χ1) is 12.4. The van der Waals surface area contributed by atoms with Crippen LogP contribution in [0.3, 0.4) is 0 Å². The molecule has 0 spiro atoms. The highest BCUT2D eigenvalue weighted by atomic mass is 35.5. The molecule has 0 atom stereocenters. The van der Waals surface area contributed by atoms with Crippen molar-refractivity contribution in [3.05, 3.63) is 46.7 Å². The molecule has 0 aliphatic heterocycles. The zero-order valence-electron chi connectivity index (χ0n) is 14.3. The normalized spacial score (nSPS) is 10.7. The Labute approximate surface area is 168 Å². The molecule has 0 saturated heterocycles. The Bertz CT molecular complexity index is 857. The first-order valence-corrected chi connectivity index (χ1v) is 10.2. The molecule has 0 aliphatic rings. The van der Waals surface area contributed by atoms with Crippen LogP contribution in [0.15, 0.2) is 46.7 Å². The van der Waals surface area contributed by atoms with Crippen LogP contribution in [0.4, 0.5) is 5.69 Å². The van der Waals surface area contributed by atoms with E-state index in [2.05, 4.69) is 15.4 Å². The molecule has 1 aromatic carbocycles. The van der Waals surface area contributed by atoms with Crippen LogP contribution in [-0.4, -0.2) is 39.9 Å². The number of anilines is 1. The Morgan fingerprint density at radius 3 is 2.56 bits per heavy atom. The Kier molecular flexibility index (Phi) is 9.39. The molecule has 8 nitrogen and oxygen atoms in total. The zero-order chi connectivity index (χ0) is 19.0. The van der Waals surface area contributed by atoms with E-state index in [9.17, 15) is 18.0 Å². The molecule has 0 fully saturated rings. The van der Waals surface area contributed by atoms with E-state index in [1.54, 1.807) is 23.6 Å². The summed E-state index contributed by atoms with van der Waals surface area (Å²) in [5.74, 6) is -0.562. The number of hydrogen-bond acceptors (Lipinski definition) is 6. The zero-order valence-corrected chi connectivity index (χ0v) is 16.8. The lowest BCUT2D eigenvalue weighted by molar-refractivity contribution is -0.116. The molecular formula is C16H21ClN4O4S2. The summed E-state index contributed by atoms with van der Waals surface area (Å²) in [4.78, 5) is 24.4. The average Bonchev–Trinajstić information content (AvgIpc) is 3.15. The van der Waals surface area contributed by atoms with Gasteiger partial charge >= 0.3 is 0 Å². The van der Waals surface area contributed by atoms with Crippen molar-refractivity contribution in [1.82, 2.24) is 10.0 Å². The average molecular weight is 433 g/mol. The molecule has 27 heavy (non-hydrogen) atoms. The monoisotopic (exact) mass is 432 g/mol. The summed E-state index contributed by atoms with van der Waals surface area (Å²) in [6.07, 6.45) is 0.0690. The molecule has 11 heteroatoms. The van der Waals surface area contributed by atoms with Gasteiger partial charge in [0.25, 0.3) is 5.91 Å². The van der Waals surface area contributed by atoms with Crippen LogP contribution < -0.4 is 21.1 Å². The van der Waals surface area contributed by atoms with Crippen molar-refractivity contribution >= 4 is 51.3 Å². The van der Waals surface area contributed by atoms with Gasteiger partial charge in [-0.15, -0.1) is 23.7 Å². The van der Waals surface area contributed by atoms with Crippen molar-refractivity contribution in [3.8, 4) is 0 Å². The number of halogens is 1. The topological polar surface area (TPSA) is 130 Å². The Balaban J connectivity index is 0.00000364. The Morgan fingerprint density at radius 2 is 1.89 bits per heavy atom. The van der Waals surface area contributed by atoms with Crippen molar-refractivity contribution in [2.75, 3.05) is 25.0 Å². The van der Waals surface area contributed by atoms with E-state index in [1.165, 1.54) is 29.5 Å². The quantitative estimate of drug-likeness (QED) is 0.472. The second-order valence-corrected chi connectivity index (χ2v) is 7.96. The van der Waals surface area contributed by atoms with Crippen LogP contribution in [0.25, 0.3) is 0 Å². The molecule has 5 N–H and O–H groups in total. The van der Waals surface area contributed by atoms with E-state index >= 15 is 0 Å². The van der Waals surface area contributed by atoms with Crippen molar-refractivity contribution < 1.29 is 18.0 Å². The van der Waals surface area contributed by atoms with Gasteiger partial charge in [-0.05, 0) is 29.6 Å². The molecule has 2 aromatic rings. The first-order valence-electron chi connectivity index (χ1n) is 7.84. The molecule has 148 valence electrons. The molecule has 2 rings (SSSR count). The number of carbonyl (C=O) groups excluding carboxylic acids is 2. The van der Waals surface area contributed by atoms with Gasteiger partial charge in [0.05, 0.1) is 9.77 Å². The smallest absolute Gasteiger partial charge is 0.261 e. The molecule has 0 radical (unpaired) electrons. The van der Waals surface area contributed by atoms with E-state index in [4.69, 9.17) is 5.73 Å². The maximum atomic E-state index is 12.1. The fraction of sp³-hybridized carbons (Fsp3) is 0.250. The summed E-state index contributed by atoms with van der Waals surface area (Å²) >= 11 is 1.32. The summed E-state index contributed by atoms with van der Waals surface area (Å²) in [6, 6.07) is 9.38. The number of benzene rings is 1. The van der Waals surface area contributed by atoms with Crippen molar-refractivity contribution in [1.29, 1.82) is 0 Å². The van der Waals surface area contributed by atoms with Crippen LogP contribution >= 0.6 is 23.7 Å². The standard InChI is InChI=1S/C16H20N4O4S2.ClH/c17-7-9-19-26(23,24)13-4-1-3-12(11-13)20-15(21)6-8-18-16(22)14-5-2-10-25-14;/h1-5,10-11,19H,6-9,17H2,(H,18,22)(H,20,21);1H. The van der Waals surface area contributed by atoms with Gasteiger partial charge < -0.3 is 16.4 Å². The number of hydrogen-bond donors (Lipinski definition) is 4. The van der Waals surface area contributed by atoms with E-state index in [-0.39, 0.29) is 55.2 Å². The van der Waals surface area contributed by atoms with Crippen LogP contribution in [-0.2, 0) is 14.8 Å². The lowest BCUT2D eigenvalue weighted by Gasteiger charge is -2.09. The van der Waals surface area contributed by atoms with Gasteiger partial charge in [-0.2, -0.15) is 0 Å². The van der Waals surface area contributed by atoms with Crippen LogP contribution in [0, 0.1) is 0 Å². The summed E-state index contributed by atoms with van der Waals surface area (Å²) in [5.41, 5.74) is 5.65. The third-order valence-electron chi connectivity index (χ3n) is 3.25. The number of rotatable bonds is 9. The minimum atomic E-state index is -3.67. The molecule has 0 bridgehead atoms. The maximum Gasteiger partial charge on any atom is 0.261 e. The highest BCUT2D eigenvalue weighted by Crippen LogP contribution is 2.15. The number of nitrogens with one attached hydrogen (secondary N) is 3. The largest absolute Gasteiger partial charge is 0.351 e. The van der Waals surface area contributed by atoms with Gasteiger partial charge in [0, 0.05) is 31.7 Å². The maximum absolute atomic E-state index is 12.1. The van der Waals surface area contributed by atoms with Gasteiger partial charge in [0.1, 0.15) is 0 Å². The van der Waals surface area contributed by atoms with Crippen LogP contribution in [0.5, 0.6) is 0 Å². The van der Waals surface area contributed by atoms with E-state index in [0.29, 0.717) is 10.6 Å². The predicted octanol–water partition coefficient (Wildman–Crippen LogP) is 1.17. The first kappa shape index (κ1) is 23.1. The summed E-state index contributed by atoms with van der Waals surface area (Å²) < 4.78 is 26.5. The molecule has 0 aliphatic carbocycles. The third-order valence-corrected chi connectivity index (χ3v) is 5.57. The van der Waals surface area contributed by atoms with Gasteiger partial charge in [-0.3, -0.25) is 9.59 Å². The number of thiophene rings is 1. The van der Waals surface area contributed by atoms with Gasteiger partial charge in [-0.1, -0.05) is 12.1 Å². The molecule has 2 amide bonds. The fourth-order valence-electron chi connectivity index (χ4n) is 2.03. The fourth-order valence-corrected chi connectivity index (χ4v) is 3.76. The number of sulfonamides is 1. The van der Waals surface area contributed by atoms with Gasteiger partial charge in [0.2, 0.25) is 15.9 Å². The highest BCUT2D eigenvalue weighted by Gasteiger charge is 2.14. The summed E-state index contributed by atoms with van der Waals surface area (Å²) in [5, 5.41) is 7.06. The SMILES string of the molecule is Cl.NCCNS(=O)(=O)c1cccc(NC(=O)CCNC(=O)c2cccs2)c1. The molecule has 0 unspecified atom stereocenters. The van der Waals surface area contributed by atoms with Crippen molar-refractivity contribution in [2.24, 2.45) is 5.73 Å². The lowest BCUT2D eigenvalue weighted by atomic mass is 10.3. The molecular weight excluding hydrogens is 412 g/mol. The number of amides is 2. The van der Waals surface area contributed by atoms with E-state index in [1.807, 2.05) is 0 Å². The third kappa shape index (κ3) is 7.27. The minimum absolute atomic E-state index is 0. The number of nitrogens with two attached hydrogens (primary N) is 1. The molecule has 1 aromatic heterocycles. The lowest BCUT2D eigenvalue weighted by Crippen LogP contribution is -2.29. The second kappa shape index (κ2) is 11.0. The van der Waals surface area contributed by atoms with Gasteiger partial charge in [0.15, 0.2) is 0 Å². The van der Waals surface area contributed by atoms with E-state index in [0.717, 1.165) is 0 Å². The predicted molar refractivity (Wildman–Crippen MR) is 108 cm³/mol. The summed E-state index contributed by atoms with van der Waals surface area (Å²) in [6.45, 7) is 0.494.